The smallest absolute Gasteiger partial charge is 0.294 e. The van der Waals surface area contributed by atoms with Crippen LogP contribution in [-0.4, -0.2) is 37.3 Å². The summed E-state index contributed by atoms with van der Waals surface area (Å²) in [6.45, 7) is 11.8. The van der Waals surface area contributed by atoms with Crippen LogP contribution < -0.4 is 15.6 Å². The Morgan fingerprint density at radius 3 is 2.39 bits per heavy atom. The maximum Gasteiger partial charge on any atom is 0.294 e. The molecule has 1 amide bonds. The lowest BCUT2D eigenvalue weighted by Crippen LogP contribution is -2.43. The Bertz CT molecular complexity index is 1650. The number of hydrogen-bond donors (Lipinski definition) is 2. The number of amides is 1. The second kappa shape index (κ2) is 13.1. The molecule has 0 spiro atoms. The molecule has 0 unspecified atom stereocenters. The minimum Gasteiger partial charge on any atom is -0.481 e. The van der Waals surface area contributed by atoms with E-state index in [2.05, 4.69) is 86.6 Å². The topological polar surface area (TPSA) is 93.3 Å². The second-order valence-electron chi connectivity index (χ2n) is 13.5. The number of nitrogens with one attached hydrogen (secondary N) is 2. The molecule has 4 aromatic rings. The molecule has 1 aliphatic rings. The molecule has 1 aliphatic carbocycles. The van der Waals surface area contributed by atoms with E-state index in [0.29, 0.717) is 25.4 Å². The molecule has 0 atom stereocenters. The van der Waals surface area contributed by atoms with Gasteiger partial charge in [0.1, 0.15) is 12.4 Å². The van der Waals surface area contributed by atoms with Gasteiger partial charge in [0.25, 0.3) is 11.5 Å². The number of nitrogens with zero attached hydrogens (tertiary/aromatic N) is 1. The largest absolute Gasteiger partial charge is 0.481 e. The van der Waals surface area contributed by atoms with Gasteiger partial charge in [-0.3, -0.25) is 9.59 Å². The summed E-state index contributed by atoms with van der Waals surface area (Å²) in [6, 6.07) is 24.5. The van der Waals surface area contributed by atoms with E-state index in [1.165, 1.54) is 16.3 Å². The Morgan fingerprint density at radius 2 is 1.66 bits per heavy atom. The van der Waals surface area contributed by atoms with Crippen molar-refractivity contribution in [2.24, 2.45) is 0 Å². The quantitative estimate of drug-likeness (QED) is 0.137. The highest BCUT2D eigenvalue weighted by Gasteiger charge is 2.39. The number of carbonyl (C=O) groups excluding carboxylic acids is 1. The van der Waals surface area contributed by atoms with Crippen LogP contribution in [0.15, 0.2) is 77.6 Å². The average molecular weight is 612 g/mol. The summed E-state index contributed by atoms with van der Waals surface area (Å²) < 4.78 is 12.2. The lowest BCUT2D eigenvalue weighted by Gasteiger charge is -2.36. The fourth-order valence-electron chi connectivity index (χ4n) is 5.98. The van der Waals surface area contributed by atoms with Gasteiger partial charge in [0.15, 0.2) is 14.0 Å². The van der Waals surface area contributed by atoms with E-state index in [1.807, 2.05) is 30.3 Å². The van der Waals surface area contributed by atoms with Crippen molar-refractivity contribution < 1.29 is 14.0 Å². The number of H-pyrrole nitrogens is 1. The number of carbonyl (C=O) groups is 1. The van der Waals surface area contributed by atoms with Gasteiger partial charge in [-0.15, -0.1) is 0 Å². The minimum atomic E-state index is -1.96. The van der Waals surface area contributed by atoms with E-state index in [4.69, 9.17) is 14.1 Å². The van der Waals surface area contributed by atoms with Gasteiger partial charge in [-0.2, -0.15) is 0 Å². The molecule has 7 nitrogen and oxygen atoms in total. The van der Waals surface area contributed by atoms with E-state index < -0.39 is 19.8 Å². The van der Waals surface area contributed by atoms with Gasteiger partial charge in [-0.1, -0.05) is 106 Å². The van der Waals surface area contributed by atoms with Crippen LogP contribution in [0.2, 0.25) is 18.1 Å². The summed E-state index contributed by atoms with van der Waals surface area (Å²) in [5, 5.41) is 5.43. The standard InChI is InChI=1S/C36H45N3O4Si/c1-35(2,3)44(4,5)43-23-22-37-33(40)31-32(42-25-26-14-7-6-8-15-26)34(41)39-30(38-31)24-36(20-11-12-21-36)29-19-13-17-27-16-9-10-18-28(27)29/h6-10,13-19H,11-12,20-25H2,1-5H3,(H,37,40)(H,38,39,41). The lowest BCUT2D eigenvalue weighted by atomic mass is 9.74. The monoisotopic (exact) mass is 611 g/mol. The van der Waals surface area contributed by atoms with Gasteiger partial charge in [-0.25, -0.2) is 4.98 Å². The maximum atomic E-state index is 13.6. The lowest BCUT2D eigenvalue weighted by molar-refractivity contribution is 0.0934. The Morgan fingerprint density at radius 1 is 0.977 bits per heavy atom. The highest BCUT2D eigenvalue weighted by Crippen LogP contribution is 2.45. The van der Waals surface area contributed by atoms with Crippen molar-refractivity contribution in [3.05, 3.63) is 106 Å². The highest BCUT2D eigenvalue weighted by atomic mass is 28.4. The Labute approximate surface area is 261 Å². The van der Waals surface area contributed by atoms with Crippen molar-refractivity contribution in [3.63, 3.8) is 0 Å². The van der Waals surface area contributed by atoms with Gasteiger partial charge in [0, 0.05) is 18.4 Å². The molecule has 3 aromatic carbocycles. The third-order valence-electron chi connectivity index (χ3n) is 9.45. The molecule has 44 heavy (non-hydrogen) atoms. The molecule has 0 saturated heterocycles. The van der Waals surface area contributed by atoms with Crippen LogP contribution in [0, 0.1) is 0 Å². The number of hydrogen-bond acceptors (Lipinski definition) is 5. The molecule has 5 rings (SSSR count). The second-order valence-corrected chi connectivity index (χ2v) is 18.3. The molecule has 2 N–H and O–H groups in total. The zero-order valence-corrected chi connectivity index (χ0v) is 27.7. The molecule has 0 aliphatic heterocycles. The third kappa shape index (κ3) is 6.97. The third-order valence-corrected chi connectivity index (χ3v) is 14.0. The summed E-state index contributed by atoms with van der Waals surface area (Å²) in [5.41, 5.74) is 1.55. The minimum absolute atomic E-state index is 0.0121. The van der Waals surface area contributed by atoms with Gasteiger partial charge in [-0.05, 0) is 52.9 Å². The van der Waals surface area contributed by atoms with Crippen LogP contribution in [0.5, 0.6) is 5.75 Å². The number of aromatic nitrogens is 2. The summed E-state index contributed by atoms with van der Waals surface area (Å²) in [4.78, 5) is 35.0. The maximum absolute atomic E-state index is 13.6. The number of aromatic amines is 1. The molecule has 8 heteroatoms. The highest BCUT2D eigenvalue weighted by molar-refractivity contribution is 6.74. The van der Waals surface area contributed by atoms with E-state index in [9.17, 15) is 9.59 Å². The summed E-state index contributed by atoms with van der Waals surface area (Å²) in [6.07, 6.45) is 4.72. The van der Waals surface area contributed by atoms with Crippen LogP contribution in [0.1, 0.15) is 73.9 Å². The van der Waals surface area contributed by atoms with Crippen molar-refractivity contribution >= 4 is 25.0 Å². The Kier molecular flexibility index (Phi) is 9.41. The van der Waals surface area contributed by atoms with Crippen LogP contribution >= 0.6 is 0 Å². The van der Waals surface area contributed by atoms with Crippen molar-refractivity contribution in [1.82, 2.24) is 15.3 Å². The Hall–Kier alpha value is -3.75. The first kappa shape index (κ1) is 31.7. The predicted octanol–water partition coefficient (Wildman–Crippen LogP) is 7.31. The number of benzene rings is 3. The van der Waals surface area contributed by atoms with E-state index in [0.717, 1.165) is 31.2 Å². The van der Waals surface area contributed by atoms with E-state index >= 15 is 0 Å². The Balaban J connectivity index is 1.44. The zero-order valence-electron chi connectivity index (χ0n) is 26.7. The fourth-order valence-corrected chi connectivity index (χ4v) is 7.03. The molecule has 1 fully saturated rings. The summed E-state index contributed by atoms with van der Waals surface area (Å²) >= 11 is 0. The first-order chi connectivity index (χ1) is 21.0. The van der Waals surface area contributed by atoms with Crippen molar-refractivity contribution in [2.75, 3.05) is 13.2 Å². The van der Waals surface area contributed by atoms with Crippen LogP contribution in [-0.2, 0) is 22.9 Å². The van der Waals surface area contributed by atoms with Gasteiger partial charge < -0.3 is 19.5 Å². The molecule has 1 saturated carbocycles. The summed E-state index contributed by atoms with van der Waals surface area (Å²) in [7, 11) is -1.96. The van der Waals surface area contributed by atoms with Crippen LogP contribution in [0.4, 0.5) is 0 Å². The molecule has 1 aromatic heterocycles. The average Bonchev–Trinajstić information content (AvgIpc) is 3.47. The number of fused-ring (bicyclic) bond motifs is 1. The molecule has 0 bridgehead atoms. The number of rotatable bonds is 11. The van der Waals surface area contributed by atoms with Gasteiger partial charge in [0.05, 0.1) is 6.61 Å². The fraction of sp³-hybridized carbons (Fsp3) is 0.417. The molecular formula is C36H45N3O4Si. The summed E-state index contributed by atoms with van der Waals surface area (Å²) in [5.74, 6) is -0.00417. The van der Waals surface area contributed by atoms with Crippen LogP contribution in [0.3, 0.4) is 0 Å². The molecule has 0 radical (unpaired) electrons. The first-order valence-electron chi connectivity index (χ1n) is 15.7. The molecular weight excluding hydrogens is 566 g/mol. The van der Waals surface area contributed by atoms with E-state index in [-0.39, 0.29) is 28.5 Å². The zero-order chi connectivity index (χ0) is 31.4. The van der Waals surface area contributed by atoms with Gasteiger partial charge in [0.2, 0.25) is 5.75 Å². The van der Waals surface area contributed by atoms with Gasteiger partial charge >= 0.3 is 0 Å². The normalized spacial score (nSPS) is 14.9. The van der Waals surface area contributed by atoms with E-state index in [1.54, 1.807) is 0 Å². The predicted molar refractivity (Wildman–Crippen MR) is 179 cm³/mol. The van der Waals surface area contributed by atoms with Crippen molar-refractivity contribution in [2.45, 2.75) is 83.0 Å². The molecule has 232 valence electrons. The molecule has 1 heterocycles. The van der Waals surface area contributed by atoms with Crippen LogP contribution in [0.25, 0.3) is 10.8 Å². The van der Waals surface area contributed by atoms with Crippen molar-refractivity contribution in [1.29, 1.82) is 0 Å². The first-order valence-corrected chi connectivity index (χ1v) is 18.6. The SMILES string of the molecule is CC(C)(C)[Si](C)(C)OCCNC(=O)c1nc(CC2(c3cccc4ccccc34)CCCC2)[nH]c(=O)c1OCc1ccccc1. The van der Waals surface area contributed by atoms with Crippen molar-refractivity contribution in [3.8, 4) is 5.75 Å². The number of ether oxygens (including phenoxy) is 1.